The van der Waals surface area contributed by atoms with Crippen molar-refractivity contribution in [2.45, 2.75) is 90.5 Å². The van der Waals surface area contributed by atoms with Crippen molar-refractivity contribution in [3.63, 3.8) is 0 Å². The van der Waals surface area contributed by atoms with E-state index in [0.717, 1.165) is 4.90 Å². The van der Waals surface area contributed by atoms with Crippen molar-refractivity contribution in [3.8, 4) is 11.8 Å². The first-order chi connectivity index (χ1) is 32.3. The summed E-state index contributed by atoms with van der Waals surface area (Å²) in [4.78, 5) is 99.2. The number of carbonyl (C=O) groups excluding carboxylic acids is 7. The molecule has 68 heavy (non-hydrogen) atoms. The lowest BCUT2D eigenvalue weighted by atomic mass is 9.96. The van der Waals surface area contributed by atoms with Gasteiger partial charge in [-0.3, -0.25) is 34.1 Å². The van der Waals surface area contributed by atoms with Gasteiger partial charge in [-0.2, -0.15) is 0 Å². The van der Waals surface area contributed by atoms with E-state index in [1.807, 2.05) is 0 Å². The van der Waals surface area contributed by atoms with Crippen molar-refractivity contribution >= 4 is 69.6 Å². The van der Waals surface area contributed by atoms with E-state index in [1.165, 1.54) is 41.3 Å². The van der Waals surface area contributed by atoms with Gasteiger partial charge in [-0.15, -0.1) is 0 Å². The van der Waals surface area contributed by atoms with E-state index < -0.39 is 71.2 Å². The molecule has 2 unspecified atom stereocenters. The number of rotatable bonds is 13. The molecule has 14 nitrogen and oxygen atoms in total. The molecule has 2 aliphatic heterocycles. The average molecular weight is 951 g/mol. The van der Waals surface area contributed by atoms with Gasteiger partial charge in [0.1, 0.15) is 17.8 Å². The molecule has 1 aromatic heterocycles. The van der Waals surface area contributed by atoms with Gasteiger partial charge in [0.25, 0.3) is 11.8 Å². The van der Waals surface area contributed by atoms with E-state index in [1.54, 1.807) is 52.0 Å². The van der Waals surface area contributed by atoms with Gasteiger partial charge in [0.15, 0.2) is 17.5 Å². The maximum Gasteiger partial charge on any atom is 0.355 e. The highest BCUT2D eigenvalue weighted by atomic mass is 35.5. The lowest BCUT2D eigenvalue weighted by Crippen LogP contribution is -2.52. The number of unbranched alkanes of at least 4 members (excludes halogenated alkanes) is 1. The Kier molecular flexibility index (Phi) is 14.4. The molecule has 0 saturated carbocycles. The predicted octanol–water partition coefficient (Wildman–Crippen LogP) is 7.64. The number of imide groups is 1. The molecule has 18 heteroatoms. The molecule has 0 aliphatic carbocycles. The molecule has 0 radical (unpaired) electrons. The lowest BCUT2D eigenvalue weighted by Gasteiger charge is -2.34. The first-order valence-electron chi connectivity index (χ1n) is 21.7. The van der Waals surface area contributed by atoms with Gasteiger partial charge < -0.3 is 30.2 Å². The number of H-pyrrole nitrogens is 1. The molecule has 2 aliphatic rings. The number of amides is 6. The number of esters is 1. The summed E-state index contributed by atoms with van der Waals surface area (Å²) < 4.78 is 49.1. The van der Waals surface area contributed by atoms with Gasteiger partial charge in [-0.1, -0.05) is 41.6 Å². The maximum atomic E-state index is 15.0. The summed E-state index contributed by atoms with van der Waals surface area (Å²) in [5.41, 5.74) is 0.788. The van der Waals surface area contributed by atoms with Crippen LogP contribution in [0.2, 0.25) is 5.02 Å². The fourth-order valence-electron chi connectivity index (χ4n) is 8.20. The number of benzene rings is 4. The van der Waals surface area contributed by atoms with Crippen molar-refractivity contribution < 1.29 is 51.5 Å². The molecular formula is C50H46ClF3N6O8. The standard InChI is InChI=1S/C50H46ClF3N6O8/c1-5-68-49(67)43-41(33-18-17-30(51)24-37(33)56-43)44(46(64)58-50(2,3)4)60(25-27-21-35(52)42(54)36(53)22-27)47(65)29-13-9-14-31(23-29)55-39(61)16-8-6-7-11-28-12-10-15-32-34(28)26-59(48(32)66)38-19-20-40(62)57-45(38)63/h9-10,12-15,17-18,21-24,38,44,56H,5-6,8,16,19-20,25-26H2,1-4H3,(H,55,61)(H,58,64)(H,57,62,63). The van der Waals surface area contributed by atoms with Crippen LogP contribution < -0.4 is 16.0 Å². The van der Waals surface area contributed by atoms with E-state index in [-0.39, 0.29) is 77.3 Å². The third-order valence-corrected chi connectivity index (χ3v) is 11.4. The molecule has 6 amide bonds. The quantitative estimate of drug-likeness (QED) is 0.0305. The second-order valence-electron chi connectivity index (χ2n) is 17.3. The summed E-state index contributed by atoms with van der Waals surface area (Å²) in [6.45, 7) is 6.09. The Morgan fingerprint density at radius 1 is 0.985 bits per heavy atom. The van der Waals surface area contributed by atoms with Crippen molar-refractivity contribution in [1.82, 2.24) is 25.4 Å². The van der Waals surface area contributed by atoms with Crippen molar-refractivity contribution in [2.75, 3.05) is 11.9 Å². The third-order valence-electron chi connectivity index (χ3n) is 11.2. The first kappa shape index (κ1) is 48.5. The molecule has 4 aromatic carbocycles. The summed E-state index contributed by atoms with van der Waals surface area (Å²) in [6.07, 6.45) is 1.01. The van der Waals surface area contributed by atoms with Crippen LogP contribution in [0.1, 0.15) is 119 Å². The SMILES string of the molecule is CCOC(=O)c1[nH]c2cc(Cl)ccc2c1C(C(=O)NC(C)(C)C)N(Cc1cc(F)c(F)c(F)c1)C(=O)c1cccc(NC(=O)CCCC#Cc2cccc3c2CN(C2CCC(=O)NC2=O)C3=O)c1. The third kappa shape index (κ3) is 10.7. The van der Waals surface area contributed by atoms with Crippen molar-refractivity contribution in [2.24, 2.45) is 0 Å². The minimum atomic E-state index is -1.74. The highest BCUT2D eigenvalue weighted by Crippen LogP contribution is 2.37. The van der Waals surface area contributed by atoms with Crippen LogP contribution in [0.3, 0.4) is 0 Å². The second-order valence-corrected chi connectivity index (χ2v) is 17.7. The number of piperidine rings is 1. The molecule has 352 valence electrons. The van der Waals surface area contributed by atoms with Crippen LogP contribution in [-0.4, -0.2) is 74.4 Å². The van der Waals surface area contributed by atoms with Crippen LogP contribution in [0.15, 0.2) is 72.8 Å². The summed E-state index contributed by atoms with van der Waals surface area (Å²) in [5.74, 6) is -2.85. The van der Waals surface area contributed by atoms with Crippen molar-refractivity contribution in [3.05, 3.63) is 134 Å². The molecule has 0 bridgehead atoms. The number of nitrogens with one attached hydrogen (secondary N) is 4. The van der Waals surface area contributed by atoms with E-state index in [9.17, 15) is 46.7 Å². The summed E-state index contributed by atoms with van der Waals surface area (Å²) >= 11 is 6.32. The summed E-state index contributed by atoms with van der Waals surface area (Å²) in [5, 5.41) is 8.48. The molecule has 2 atom stereocenters. The van der Waals surface area contributed by atoms with Gasteiger partial charge in [0.05, 0.1) is 6.61 Å². The van der Waals surface area contributed by atoms with Gasteiger partial charge in [0.2, 0.25) is 23.6 Å². The largest absolute Gasteiger partial charge is 0.461 e. The molecular weight excluding hydrogens is 905 g/mol. The second kappa shape index (κ2) is 20.2. The van der Waals surface area contributed by atoms with Gasteiger partial charge in [-0.25, -0.2) is 18.0 Å². The Bertz CT molecular complexity index is 2930. The number of fused-ring (bicyclic) bond motifs is 2. The van der Waals surface area contributed by atoms with Crippen LogP contribution in [0, 0.1) is 29.3 Å². The predicted molar refractivity (Wildman–Crippen MR) is 244 cm³/mol. The average Bonchev–Trinajstić information content (AvgIpc) is 3.81. The summed E-state index contributed by atoms with van der Waals surface area (Å²) in [7, 11) is 0. The highest BCUT2D eigenvalue weighted by Gasteiger charge is 2.41. The van der Waals surface area contributed by atoms with Gasteiger partial charge in [-0.05, 0) is 106 Å². The minimum absolute atomic E-state index is 0.0137. The van der Waals surface area contributed by atoms with Crippen LogP contribution in [0.4, 0.5) is 18.9 Å². The topological polar surface area (TPSA) is 187 Å². The molecule has 1 fully saturated rings. The zero-order valence-electron chi connectivity index (χ0n) is 37.4. The van der Waals surface area contributed by atoms with E-state index in [0.29, 0.717) is 52.6 Å². The molecule has 5 aromatic rings. The monoisotopic (exact) mass is 950 g/mol. The number of ether oxygens (including phenoxy) is 1. The zero-order valence-corrected chi connectivity index (χ0v) is 38.2. The van der Waals surface area contributed by atoms with Crippen LogP contribution in [0.5, 0.6) is 0 Å². The smallest absolute Gasteiger partial charge is 0.355 e. The fourth-order valence-corrected chi connectivity index (χ4v) is 8.37. The molecule has 4 N–H and O–H groups in total. The van der Waals surface area contributed by atoms with E-state index in [4.69, 9.17) is 16.3 Å². The Hall–Kier alpha value is -7.45. The van der Waals surface area contributed by atoms with Crippen LogP contribution in [-0.2, 0) is 37.0 Å². The van der Waals surface area contributed by atoms with E-state index in [2.05, 4.69) is 32.8 Å². The van der Waals surface area contributed by atoms with Gasteiger partial charge >= 0.3 is 5.97 Å². The Morgan fingerprint density at radius 3 is 2.43 bits per heavy atom. The molecule has 1 saturated heterocycles. The number of aromatic amines is 1. The lowest BCUT2D eigenvalue weighted by molar-refractivity contribution is -0.137. The molecule has 3 heterocycles. The Morgan fingerprint density at radius 2 is 1.72 bits per heavy atom. The molecule has 7 rings (SSSR count). The number of hydrogen-bond donors (Lipinski definition) is 4. The number of hydrogen-bond acceptors (Lipinski definition) is 8. The van der Waals surface area contributed by atoms with Crippen molar-refractivity contribution in [1.29, 1.82) is 0 Å². The number of anilines is 1. The normalized spacial score (nSPS) is 15.0. The maximum absolute atomic E-state index is 15.0. The number of halogens is 4. The van der Waals surface area contributed by atoms with Crippen LogP contribution in [0.25, 0.3) is 10.9 Å². The first-order valence-corrected chi connectivity index (χ1v) is 22.1. The fraction of sp³-hybridized carbons (Fsp3) is 0.300. The van der Waals surface area contributed by atoms with E-state index >= 15 is 0 Å². The zero-order chi connectivity index (χ0) is 49.0. The summed E-state index contributed by atoms with van der Waals surface area (Å²) in [6, 6.07) is 14.4. The van der Waals surface area contributed by atoms with Gasteiger partial charge in [0, 0.05) is 81.8 Å². The Labute approximate surface area is 393 Å². The Balaban J connectivity index is 1.13. The number of aromatic nitrogens is 1. The van der Waals surface area contributed by atoms with Crippen LogP contribution >= 0.6 is 11.6 Å². The number of carbonyl (C=O) groups is 7. The molecule has 0 spiro atoms. The highest BCUT2D eigenvalue weighted by molar-refractivity contribution is 6.31. The number of nitrogens with zero attached hydrogens (tertiary/aromatic N) is 2. The minimum Gasteiger partial charge on any atom is -0.461 e.